The number of rotatable bonds is 0. The molecule has 1 spiro atoms. The molecule has 1 N–H and O–H groups in total. The van der Waals surface area contributed by atoms with Gasteiger partial charge in [0.15, 0.2) is 0 Å². The van der Waals surface area contributed by atoms with Gasteiger partial charge < -0.3 is 5.41 Å². The van der Waals surface area contributed by atoms with Crippen molar-refractivity contribution in [2.45, 2.75) is 32.1 Å². The maximum absolute atomic E-state index is 11.4. The maximum Gasteiger partial charge on any atom is 0.132 e. The molecule has 17 heavy (non-hydrogen) atoms. The SMILES string of the molecule is N=C1c2cc(Br)ccc2CC12CCC(=O)CC2. The first-order valence-electron chi connectivity index (χ1n) is 6.00. The van der Waals surface area contributed by atoms with Crippen molar-refractivity contribution in [1.29, 1.82) is 5.41 Å². The molecule has 0 saturated heterocycles. The van der Waals surface area contributed by atoms with E-state index in [1.54, 1.807) is 0 Å². The van der Waals surface area contributed by atoms with Crippen molar-refractivity contribution in [1.82, 2.24) is 0 Å². The fourth-order valence-electron chi connectivity index (χ4n) is 3.11. The van der Waals surface area contributed by atoms with Crippen LogP contribution in [0.25, 0.3) is 0 Å². The number of carbonyl (C=O) groups excluding carboxylic acids is 1. The van der Waals surface area contributed by atoms with Crippen LogP contribution in [0, 0.1) is 10.8 Å². The summed E-state index contributed by atoms with van der Waals surface area (Å²) in [5.74, 6) is 0.362. The zero-order valence-corrected chi connectivity index (χ0v) is 11.1. The van der Waals surface area contributed by atoms with Crippen molar-refractivity contribution in [2.24, 2.45) is 5.41 Å². The van der Waals surface area contributed by atoms with Gasteiger partial charge in [0.2, 0.25) is 0 Å². The number of nitrogens with one attached hydrogen (secondary N) is 1. The molecule has 0 amide bonds. The fourth-order valence-corrected chi connectivity index (χ4v) is 3.47. The Hall–Kier alpha value is -0.960. The second kappa shape index (κ2) is 3.77. The molecule has 0 aromatic heterocycles. The second-order valence-corrected chi connectivity index (χ2v) is 6.09. The van der Waals surface area contributed by atoms with Gasteiger partial charge >= 0.3 is 0 Å². The van der Waals surface area contributed by atoms with Gasteiger partial charge in [-0.3, -0.25) is 4.79 Å². The summed E-state index contributed by atoms with van der Waals surface area (Å²) in [4.78, 5) is 11.4. The fraction of sp³-hybridized carbons (Fsp3) is 0.429. The number of benzene rings is 1. The molecule has 3 rings (SSSR count). The van der Waals surface area contributed by atoms with Crippen LogP contribution in [0.15, 0.2) is 22.7 Å². The molecule has 0 bridgehead atoms. The van der Waals surface area contributed by atoms with Crippen LogP contribution in [-0.4, -0.2) is 11.5 Å². The maximum atomic E-state index is 11.4. The van der Waals surface area contributed by atoms with Crippen LogP contribution in [0.4, 0.5) is 0 Å². The van der Waals surface area contributed by atoms with Gasteiger partial charge in [-0.25, -0.2) is 0 Å². The third-order valence-electron chi connectivity index (χ3n) is 4.17. The highest BCUT2D eigenvalue weighted by molar-refractivity contribution is 9.10. The van der Waals surface area contributed by atoms with E-state index in [0.29, 0.717) is 18.6 Å². The first-order valence-corrected chi connectivity index (χ1v) is 6.80. The van der Waals surface area contributed by atoms with E-state index in [4.69, 9.17) is 5.41 Å². The lowest BCUT2D eigenvalue weighted by molar-refractivity contribution is -0.121. The van der Waals surface area contributed by atoms with E-state index in [0.717, 1.165) is 35.0 Å². The van der Waals surface area contributed by atoms with Gasteiger partial charge in [0.25, 0.3) is 0 Å². The number of hydrogen-bond donors (Lipinski definition) is 1. The Morgan fingerprint density at radius 3 is 2.65 bits per heavy atom. The molecule has 0 heterocycles. The van der Waals surface area contributed by atoms with Crippen molar-refractivity contribution >= 4 is 27.4 Å². The highest BCUT2D eigenvalue weighted by atomic mass is 79.9. The standard InChI is InChI=1S/C14H14BrNO/c15-10-2-1-9-8-14(13(16)12(9)7-10)5-3-11(17)4-6-14/h1-2,7,16H,3-6,8H2. The van der Waals surface area contributed by atoms with Crippen molar-refractivity contribution in [2.75, 3.05) is 0 Å². The highest BCUT2D eigenvalue weighted by Gasteiger charge is 2.44. The van der Waals surface area contributed by atoms with Crippen LogP contribution in [0.3, 0.4) is 0 Å². The van der Waals surface area contributed by atoms with Gasteiger partial charge in [0, 0.05) is 34.0 Å². The zero-order chi connectivity index (χ0) is 12.0. The Kier molecular flexibility index (Phi) is 2.47. The predicted molar refractivity (Wildman–Crippen MR) is 70.6 cm³/mol. The number of hydrogen-bond acceptors (Lipinski definition) is 2. The lowest BCUT2D eigenvalue weighted by Gasteiger charge is -2.32. The largest absolute Gasteiger partial charge is 0.304 e. The molecule has 1 aromatic rings. The molecule has 88 valence electrons. The summed E-state index contributed by atoms with van der Waals surface area (Å²) in [6.07, 6.45) is 3.96. The van der Waals surface area contributed by atoms with Gasteiger partial charge in [-0.1, -0.05) is 22.0 Å². The molecular formula is C14H14BrNO. The molecule has 0 atom stereocenters. The third kappa shape index (κ3) is 1.68. The first-order chi connectivity index (χ1) is 8.11. The smallest absolute Gasteiger partial charge is 0.132 e. The number of fused-ring (bicyclic) bond motifs is 1. The van der Waals surface area contributed by atoms with Gasteiger partial charge in [0.05, 0.1) is 0 Å². The number of halogens is 1. The summed E-state index contributed by atoms with van der Waals surface area (Å²) >= 11 is 3.46. The Morgan fingerprint density at radius 2 is 1.94 bits per heavy atom. The van der Waals surface area contributed by atoms with E-state index in [1.165, 1.54) is 5.56 Å². The van der Waals surface area contributed by atoms with Crippen molar-refractivity contribution in [3.8, 4) is 0 Å². The van der Waals surface area contributed by atoms with Crippen LogP contribution < -0.4 is 0 Å². The van der Waals surface area contributed by atoms with Crippen LogP contribution in [0.1, 0.15) is 36.8 Å². The Morgan fingerprint density at radius 1 is 1.24 bits per heavy atom. The molecule has 0 aliphatic heterocycles. The first kappa shape index (κ1) is 11.1. The molecule has 2 aliphatic carbocycles. The summed E-state index contributed by atoms with van der Waals surface area (Å²) in [6.45, 7) is 0. The average Bonchev–Trinajstić information content (AvgIpc) is 2.58. The molecule has 0 radical (unpaired) electrons. The minimum absolute atomic E-state index is 0.0446. The molecule has 1 fully saturated rings. The minimum Gasteiger partial charge on any atom is -0.304 e. The molecule has 3 heteroatoms. The quantitative estimate of drug-likeness (QED) is 0.781. The lowest BCUT2D eigenvalue weighted by atomic mass is 9.70. The van der Waals surface area contributed by atoms with Gasteiger partial charge in [-0.2, -0.15) is 0 Å². The van der Waals surface area contributed by atoms with E-state index in [2.05, 4.69) is 22.0 Å². The lowest BCUT2D eigenvalue weighted by Crippen LogP contribution is -2.33. The summed E-state index contributed by atoms with van der Waals surface area (Å²) < 4.78 is 1.03. The normalized spacial score (nSPS) is 21.9. The van der Waals surface area contributed by atoms with Crippen molar-refractivity contribution in [3.63, 3.8) is 0 Å². The van der Waals surface area contributed by atoms with Crippen LogP contribution >= 0.6 is 15.9 Å². The predicted octanol–water partition coefficient (Wildman–Crippen LogP) is 3.50. The van der Waals surface area contributed by atoms with E-state index in [9.17, 15) is 4.79 Å². The molecule has 1 saturated carbocycles. The summed E-state index contributed by atoms with van der Waals surface area (Å²) in [7, 11) is 0. The summed E-state index contributed by atoms with van der Waals surface area (Å²) in [5, 5.41) is 8.40. The summed E-state index contributed by atoms with van der Waals surface area (Å²) in [6, 6.07) is 6.20. The summed E-state index contributed by atoms with van der Waals surface area (Å²) in [5.41, 5.74) is 3.05. The topological polar surface area (TPSA) is 40.9 Å². The van der Waals surface area contributed by atoms with Crippen LogP contribution in [-0.2, 0) is 11.2 Å². The minimum atomic E-state index is -0.0446. The van der Waals surface area contributed by atoms with E-state index < -0.39 is 0 Å². The number of carbonyl (C=O) groups is 1. The van der Waals surface area contributed by atoms with E-state index >= 15 is 0 Å². The molecule has 2 aliphatic rings. The Bertz CT molecular complexity index is 511. The molecule has 1 aromatic carbocycles. The molecule has 2 nitrogen and oxygen atoms in total. The molecular weight excluding hydrogens is 278 g/mol. The Balaban J connectivity index is 1.98. The number of Topliss-reactive ketones (excluding diaryl/α,β-unsaturated/α-hetero) is 1. The van der Waals surface area contributed by atoms with Crippen LogP contribution in [0.2, 0.25) is 0 Å². The second-order valence-electron chi connectivity index (χ2n) is 5.17. The van der Waals surface area contributed by atoms with Gasteiger partial charge in [-0.05, 0) is 37.0 Å². The van der Waals surface area contributed by atoms with Gasteiger partial charge in [-0.15, -0.1) is 0 Å². The molecule has 0 unspecified atom stereocenters. The Labute approximate surface area is 109 Å². The van der Waals surface area contributed by atoms with Crippen LogP contribution in [0.5, 0.6) is 0 Å². The monoisotopic (exact) mass is 291 g/mol. The van der Waals surface area contributed by atoms with E-state index in [-0.39, 0.29) is 5.41 Å². The number of ketones is 1. The van der Waals surface area contributed by atoms with Crippen molar-refractivity contribution < 1.29 is 4.79 Å². The van der Waals surface area contributed by atoms with E-state index in [1.807, 2.05) is 12.1 Å². The third-order valence-corrected chi connectivity index (χ3v) is 4.66. The average molecular weight is 292 g/mol. The zero-order valence-electron chi connectivity index (χ0n) is 9.55. The van der Waals surface area contributed by atoms with Crippen molar-refractivity contribution in [3.05, 3.63) is 33.8 Å². The van der Waals surface area contributed by atoms with Gasteiger partial charge in [0.1, 0.15) is 5.78 Å². The highest BCUT2D eigenvalue weighted by Crippen LogP contribution is 2.46.